The van der Waals surface area contributed by atoms with Gasteiger partial charge in [0.25, 0.3) is 5.91 Å². The Bertz CT molecular complexity index is 727. The van der Waals surface area contributed by atoms with Crippen LogP contribution < -0.4 is 4.90 Å². The summed E-state index contributed by atoms with van der Waals surface area (Å²) in [5.74, 6) is 0.157. The number of piperidine rings is 1. The number of likely N-dealkylation sites (tertiary alicyclic amines) is 1. The molecule has 1 amide bonds. The maximum atomic E-state index is 12.8. The van der Waals surface area contributed by atoms with E-state index in [0.717, 1.165) is 42.7 Å². The SMILES string of the molecule is Cc1cccc(C(=O)N2CCC(n3cc(N(C)C)cn3)CC2)c1C. The molecule has 0 aliphatic carbocycles. The van der Waals surface area contributed by atoms with E-state index in [-0.39, 0.29) is 5.91 Å². The van der Waals surface area contributed by atoms with Crippen molar-refractivity contribution in [1.29, 1.82) is 0 Å². The molecule has 1 aliphatic rings. The van der Waals surface area contributed by atoms with Crippen LogP contribution in [0.5, 0.6) is 0 Å². The summed E-state index contributed by atoms with van der Waals surface area (Å²) in [7, 11) is 4.04. The first-order valence-electron chi connectivity index (χ1n) is 8.54. The molecule has 128 valence electrons. The Hall–Kier alpha value is -2.30. The van der Waals surface area contributed by atoms with Crippen LogP contribution in [-0.4, -0.2) is 47.8 Å². The van der Waals surface area contributed by atoms with E-state index in [1.54, 1.807) is 0 Å². The molecule has 0 saturated carbocycles. The maximum Gasteiger partial charge on any atom is 0.254 e. The van der Waals surface area contributed by atoms with Crippen molar-refractivity contribution in [1.82, 2.24) is 14.7 Å². The Labute approximate surface area is 143 Å². The first-order valence-corrected chi connectivity index (χ1v) is 8.54. The quantitative estimate of drug-likeness (QED) is 0.870. The Kier molecular flexibility index (Phi) is 4.60. The molecule has 5 nitrogen and oxygen atoms in total. The average molecular weight is 326 g/mol. The van der Waals surface area contributed by atoms with Crippen molar-refractivity contribution in [3.05, 3.63) is 47.3 Å². The number of nitrogens with zero attached hydrogens (tertiary/aromatic N) is 4. The summed E-state index contributed by atoms with van der Waals surface area (Å²) in [4.78, 5) is 16.8. The van der Waals surface area contributed by atoms with Gasteiger partial charge in [-0.15, -0.1) is 0 Å². The zero-order valence-corrected chi connectivity index (χ0v) is 15.0. The second kappa shape index (κ2) is 6.67. The van der Waals surface area contributed by atoms with Crippen molar-refractivity contribution in [3.63, 3.8) is 0 Å². The van der Waals surface area contributed by atoms with E-state index in [4.69, 9.17) is 0 Å². The molecule has 0 radical (unpaired) electrons. The highest BCUT2D eigenvalue weighted by atomic mass is 16.2. The van der Waals surface area contributed by atoms with Gasteiger partial charge in [0.15, 0.2) is 0 Å². The van der Waals surface area contributed by atoms with Crippen LogP contribution in [0.1, 0.15) is 40.4 Å². The minimum atomic E-state index is 0.157. The molecular formula is C19H26N4O. The molecular weight excluding hydrogens is 300 g/mol. The Morgan fingerprint density at radius 1 is 1.21 bits per heavy atom. The predicted molar refractivity (Wildman–Crippen MR) is 96.6 cm³/mol. The van der Waals surface area contributed by atoms with Crippen molar-refractivity contribution in [2.24, 2.45) is 0 Å². The first-order chi connectivity index (χ1) is 11.5. The van der Waals surface area contributed by atoms with Crippen LogP contribution in [0.15, 0.2) is 30.6 Å². The topological polar surface area (TPSA) is 41.4 Å². The average Bonchev–Trinajstić information content (AvgIpc) is 3.07. The summed E-state index contributed by atoms with van der Waals surface area (Å²) in [6.07, 6.45) is 5.89. The summed E-state index contributed by atoms with van der Waals surface area (Å²) < 4.78 is 2.05. The second-order valence-electron chi connectivity index (χ2n) is 6.84. The standard InChI is InChI=1S/C19H26N4O/c1-14-6-5-7-18(15(14)2)19(24)22-10-8-16(9-11-22)23-13-17(12-20-23)21(3)4/h5-7,12-13,16H,8-11H2,1-4H3. The van der Waals surface area contributed by atoms with E-state index in [1.807, 2.05) is 44.2 Å². The van der Waals surface area contributed by atoms with Gasteiger partial charge in [0.1, 0.15) is 0 Å². The molecule has 2 heterocycles. The van der Waals surface area contributed by atoms with E-state index in [9.17, 15) is 4.79 Å². The third-order valence-electron chi connectivity index (χ3n) is 5.07. The largest absolute Gasteiger partial charge is 0.375 e. The van der Waals surface area contributed by atoms with Gasteiger partial charge in [0.2, 0.25) is 0 Å². The third-order valence-corrected chi connectivity index (χ3v) is 5.07. The van der Waals surface area contributed by atoms with Crippen LogP contribution in [0.4, 0.5) is 5.69 Å². The maximum absolute atomic E-state index is 12.8. The number of hydrogen-bond donors (Lipinski definition) is 0. The summed E-state index contributed by atoms with van der Waals surface area (Å²) >= 11 is 0. The lowest BCUT2D eigenvalue weighted by molar-refractivity contribution is 0.0689. The molecule has 1 aromatic carbocycles. The number of rotatable bonds is 3. The summed E-state index contributed by atoms with van der Waals surface area (Å²) in [6.45, 7) is 5.66. The second-order valence-corrected chi connectivity index (χ2v) is 6.84. The Balaban J connectivity index is 1.66. The van der Waals surface area contributed by atoms with Gasteiger partial charge in [-0.25, -0.2) is 0 Å². The molecule has 0 bridgehead atoms. The smallest absolute Gasteiger partial charge is 0.254 e. The highest BCUT2D eigenvalue weighted by Crippen LogP contribution is 2.25. The van der Waals surface area contributed by atoms with Crippen molar-refractivity contribution >= 4 is 11.6 Å². The minimum Gasteiger partial charge on any atom is -0.375 e. The van der Waals surface area contributed by atoms with Gasteiger partial charge in [-0.2, -0.15) is 5.10 Å². The number of benzene rings is 1. The van der Waals surface area contributed by atoms with Gasteiger partial charge in [0.05, 0.1) is 17.9 Å². The molecule has 3 rings (SSSR count). The molecule has 24 heavy (non-hydrogen) atoms. The highest BCUT2D eigenvalue weighted by Gasteiger charge is 2.26. The number of aryl methyl sites for hydroxylation is 1. The van der Waals surface area contributed by atoms with E-state index in [2.05, 4.69) is 33.9 Å². The van der Waals surface area contributed by atoms with Gasteiger partial charge in [-0.3, -0.25) is 9.48 Å². The van der Waals surface area contributed by atoms with Crippen molar-refractivity contribution < 1.29 is 4.79 Å². The number of aromatic nitrogens is 2. The molecule has 0 unspecified atom stereocenters. The van der Waals surface area contributed by atoms with Crippen molar-refractivity contribution in [2.45, 2.75) is 32.7 Å². The van der Waals surface area contributed by atoms with Crippen LogP contribution in [0, 0.1) is 13.8 Å². The summed E-state index contributed by atoms with van der Waals surface area (Å²) in [5.41, 5.74) is 4.21. The Morgan fingerprint density at radius 2 is 1.92 bits per heavy atom. The lowest BCUT2D eigenvalue weighted by Gasteiger charge is -2.32. The monoisotopic (exact) mass is 326 g/mol. The van der Waals surface area contributed by atoms with E-state index in [0.29, 0.717) is 6.04 Å². The summed E-state index contributed by atoms with van der Waals surface area (Å²) in [6, 6.07) is 6.34. The third kappa shape index (κ3) is 3.16. The molecule has 1 aromatic heterocycles. The van der Waals surface area contributed by atoms with Gasteiger partial charge in [-0.1, -0.05) is 12.1 Å². The molecule has 0 spiro atoms. The van der Waals surface area contributed by atoms with E-state index >= 15 is 0 Å². The fourth-order valence-electron chi connectivity index (χ4n) is 3.25. The van der Waals surface area contributed by atoms with Crippen LogP contribution in [-0.2, 0) is 0 Å². The minimum absolute atomic E-state index is 0.157. The first kappa shape index (κ1) is 16.6. The molecule has 5 heteroatoms. The van der Waals surface area contributed by atoms with Crippen molar-refractivity contribution in [2.75, 3.05) is 32.1 Å². The van der Waals surface area contributed by atoms with Crippen molar-refractivity contribution in [3.8, 4) is 0 Å². The fourth-order valence-corrected chi connectivity index (χ4v) is 3.25. The number of anilines is 1. The highest BCUT2D eigenvalue weighted by molar-refractivity contribution is 5.96. The van der Waals surface area contributed by atoms with Gasteiger partial charge >= 0.3 is 0 Å². The van der Waals surface area contributed by atoms with Crippen LogP contribution in [0.3, 0.4) is 0 Å². The van der Waals surface area contributed by atoms with E-state index < -0.39 is 0 Å². The Morgan fingerprint density at radius 3 is 2.54 bits per heavy atom. The number of hydrogen-bond acceptors (Lipinski definition) is 3. The van der Waals surface area contributed by atoms with Crippen LogP contribution in [0.25, 0.3) is 0 Å². The molecule has 1 saturated heterocycles. The summed E-state index contributed by atoms with van der Waals surface area (Å²) in [5, 5.41) is 4.49. The zero-order chi connectivity index (χ0) is 17.3. The molecule has 2 aromatic rings. The van der Waals surface area contributed by atoms with Crippen LogP contribution >= 0.6 is 0 Å². The van der Waals surface area contributed by atoms with Gasteiger partial charge in [0, 0.05) is 38.9 Å². The van der Waals surface area contributed by atoms with Gasteiger partial charge < -0.3 is 9.80 Å². The molecule has 0 N–H and O–H groups in total. The molecule has 0 atom stereocenters. The van der Waals surface area contributed by atoms with Gasteiger partial charge in [-0.05, 0) is 43.9 Å². The normalized spacial score (nSPS) is 15.6. The zero-order valence-electron chi connectivity index (χ0n) is 15.0. The number of carbonyl (C=O) groups excluding carboxylic acids is 1. The molecule has 1 fully saturated rings. The number of amides is 1. The van der Waals surface area contributed by atoms with Crippen LogP contribution in [0.2, 0.25) is 0 Å². The lowest BCUT2D eigenvalue weighted by atomic mass is 10.00. The predicted octanol–water partition coefficient (Wildman–Crippen LogP) is 3.04. The fraction of sp³-hybridized carbons (Fsp3) is 0.474. The van der Waals surface area contributed by atoms with E-state index in [1.165, 1.54) is 5.56 Å². The molecule has 1 aliphatic heterocycles. The number of carbonyl (C=O) groups is 1. The lowest BCUT2D eigenvalue weighted by Crippen LogP contribution is -2.39.